The van der Waals surface area contributed by atoms with E-state index in [1.54, 1.807) is 11.8 Å². The number of thioether (sulfide) groups is 1. The summed E-state index contributed by atoms with van der Waals surface area (Å²) in [5, 5.41) is 2.08. The first kappa shape index (κ1) is 10.8. The zero-order chi connectivity index (χ0) is 10.5. The molecule has 0 atom stereocenters. The number of para-hydroxylation sites is 1. The molecule has 0 bridgehead atoms. The fourth-order valence-corrected chi connectivity index (χ4v) is 2.31. The van der Waals surface area contributed by atoms with Gasteiger partial charge in [0, 0.05) is 13.1 Å². The van der Waals surface area contributed by atoms with Gasteiger partial charge in [-0.25, -0.2) is 0 Å². The molecule has 0 N–H and O–H groups in total. The summed E-state index contributed by atoms with van der Waals surface area (Å²) >= 11 is 1.73. The Morgan fingerprint density at radius 2 is 1.87 bits per heavy atom. The van der Waals surface area contributed by atoms with E-state index in [0.29, 0.717) is 0 Å². The second-order valence-electron chi connectivity index (χ2n) is 3.73. The van der Waals surface area contributed by atoms with Crippen LogP contribution in [0.2, 0.25) is 0 Å². The van der Waals surface area contributed by atoms with E-state index < -0.39 is 0 Å². The van der Waals surface area contributed by atoms with Crippen molar-refractivity contribution >= 4 is 11.8 Å². The molecule has 2 rings (SSSR count). The van der Waals surface area contributed by atoms with Crippen LogP contribution in [-0.2, 0) is 0 Å². The molecule has 1 aliphatic heterocycles. The Kier molecular flexibility index (Phi) is 3.92. The number of hydroxylamine groups is 2. The van der Waals surface area contributed by atoms with Crippen LogP contribution >= 0.6 is 11.8 Å². The van der Waals surface area contributed by atoms with Gasteiger partial charge in [-0.1, -0.05) is 18.6 Å². The van der Waals surface area contributed by atoms with Gasteiger partial charge in [0.2, 0.25) is 0 Å². The van der Waals surface area contributed by atoms with Crippen molar-refractivity contribution in [1.29, 1.82) is 0 Å². The minimum Gasteiger partial charge on any atom is -0.405 e. The van der Waals surface area contributed by atoms with Crippen molar-refractivity contribution < 1.29 is 4.84 Å². The summed E-state index contributed by atoms with van der Waals surface area (Å²) in [4.78, 5) is 7.10. The quantitative estimate of drug-likeness (QED) is 0.730. The van der Waals surface area contributed by atoms with Crippen LogP contribution in [0.4, 0.5) is 0 Å². The zero-order valence-corrected chi connectivity index (χ0v) is 9.93. The van der Waals surface area contributed by atoms with Gasteiger partial charge in [0.25, 0.3) is 0 Å². The maximum absolute atomic E-state index is 5.89. The number of hydrogen-bond acceptors (Lipinski definition) is 3. The van der Waals surface area contributed by atoms with E-state index in [1.165, 1.54) is 24.2 Å². The van der Waals surface area contributed by atoms with Crippen LogP contribution in [0.1, 0.15) is 19.3 Å². The van der Waals surface area contributed by atoms with Gasteiger partial charge in [-0.2, -0.15) is 0 Å². The van der Waals surface area contributed by atoms with E-state index in [0.717, 1.165) is 18.8 Å². The lowest BCUT2D eigenvalue weighted by Gasteiger charge is -2.26. The van der Waals surface area contributed by atoms with Gasteiger partial charge in [0.15, 0.2) is 5.75 Å². The molecular formula is C12H17NOS. The molecule has 1 aromatic carbocycles. The normalized spacial score (nSPS) is 17.7. The van der Waals surface area contributed by atoms with Crippen molar-refractivity contribution in [3.63, 3.8) is 0 Å². The van der Waals surface area contributed by atoms with Gasteiger partial charge in [-0.15, -0.1) is 16.8 Å². The second kappa shape index (κ2) is 5.42. The molecule has 0 unspecified atom stereocenters. The first-order valence-corrected chi connectivity index (χ1v) is 6.68. The molecule has 0 aromatic heterocycles. The number of hydrogen-bond donors (Lipinski definition) is 0. The van der Waals surface area contributed by atoms with Gasteiger partial charge in [0.05, 0.1) is 4.90 Å². The molecule has 0 spiro atoms. The lowest BCUT2D eigenvalue weighted by atomic mass is 10.2. The van der Waals surface area contributed by atoms with Crippen LogP contribution in [0.15, 0.2) is 29.2 Å². The Hall–Kier alpha value is -0.670. The highest BCUT2D eigenvalue weighted by Gasteiger charge is 2.13. The summed E-state index contributed by atoms with van der Waals surface area (Å²) in [6.45, 7) is 2.12. The standard InChI is InChI=1S/C12H17NOS/c1-15-12-8-4-3-7-11(12)14-13-9-5-2-6-10-13/h3-4,7-8H,2,5-6,9-10H2,1H3. The van der Waals surface area contributed by atoms with Crippen LogP contribution in [0.5, 0.6) is 5.75 Å². The Bertz CT molecular complexity index is 310. The monoisotopic (exact) mass is 223 g/mol. The maximum Gasteiger partial charge on any atom is 0.160 e. The number of rotatable bonds is 3. The number of benzene rings is 1. The molecule has 0 radical (unpaired) electrons. The average molecular weight is 223 g/mol. The highest BCUT2D eigenvalue weighted by Crippen LogP contribution is 2.28. The zero-order valence-electron chi connectivity index (χ0n) is 9.11. The van der Waals surface area contributed by atoms with Gasteiger partial charge >= 0.3 is 0 Å². The summed E-state index contributed by atoms with van der Waals surface area (Å²) in [5.74, 6) is 0.993. The summed E-state index contributed by atoms with van der Waals surface area (Å²) in [6.07, 6.45) is 5.92. The molecule has 1 aliphatic rings. The Morgan fingerprint density at radius 3 is 2.60 bits per heavy atom. The van der Waals surface area contributed by atoms with Crippen molar-refractivity contribution in [1.82, 2.24) is 5.06 Å². The average Bonchev–Trinajstić information content (AvgIpc) is 2.31. The number of nitrogens with zero attached hydrogens (tertiary/aromatic N) is 1. The number of piperidine rings is 1. The van der Waals surface area contributed by atoms with Crippen molar-refractivity contribution in [2.24, 2.45) is 0 Å². The van der Waals surface area contributed by atoms with E-state index in [9.17, 15) is 0 Å². The van der Waals surface area contributed by atoms with Crippen molar-refractivity contribution in [2.45, 2.75) is 24.2 Å². The topological polar surface area (TPSA) is 12.5 Å². The van der Waals surface area contributed by atoms with E-state index in [4.69, 9.17) is 4.84 Å². The molecule has 1 fully saturated rings. The minimum atomic E-state index is 0.993. The van der Waals surface area contributed by atoms with Crippen LogP contribution < -0.4 is 4.84 Å². The lowest BCUT2D eigenvalue weighted by Crippen LogP contribution is -2.32. The summed E-state index contributed by atoms with van der Waals surface area (Å²) in [7, 11) is 0. The molecule has 0 amide bonds. The highest BCUT2D eigenvalue weighted by molar-refractivity contribution is 7.98. The summed E-state index contributed by atoms with van der Waals surface area (Å²) in [6, 6.07) is 8.22. The molecule has 15 heavy (non-hydrogen) atoms. The second-order valence-corrected chi connectivity index (χ2v) is 4.58. The van der Waals surface area contributed by atoms with Crippen LogP contribution in [0.25, 0.3) is 0 Å². The third-order valence-corrected chi connectivity index (χ3v) is 3.39. The van der Waals surface area contributed by atoms with E-state index in [-0.39, 0.29) is 0 Å². The van der Waals surface area contributed by atoms with Crippen molar-refractivity contribution in [2.75, 3.05) is 19.3 Å². The SMILES string of the molecule is CSc1ccccc1ON1CCCCC1. The largest absolute Gasteiger partial charge is 0.405 e. The molecule has 82 valence electrons. The summed E-state index contributed by atoms with van der Waals surface area (Å²) < 4.78 is 0. The predicted octanol–water partition coefficient (Wildman–Crippen LogP) is 3.19. The third kappa shape index (κ3) is 2.89. The van der Waals surface area contributed by atoms with Crippen LogP contribution in [-0.4, -0.2) is 24.4 Å². The summed E-state index contributed by atoms with van der Waals surface area (Å²) in [5.41, 5.74) is 0. The predicted molar refractivity (Wildman–Crippen MR) is 64.3 cm³/mol. The van der Waals surface area contributed by atoms with Crippen LogP contribution in [0.3, 0.4) is 0 Å². The van der Waals surface area contributed by atoms with Gasteiger partial charge in [-0.3, -0.25) is 0 Å². The fourth-order valence-electron chi connectivity index (χ4n) is 1.79. The van der Waals surface area contributed by atoms with E-state index in [1.807, 2.05) is 12.1 Å². The molecule has 1 saturated heterocycles. The smallest absolute Gasteiger partial charge is 0.160 e. The van der Waals surface area contributed by atoms with Gasteiger partial charge in [0.1, 0.15) is 0 Å². The lowest BCUT2D eigenvalue weighted by molar-refractivity contribution is -0.0742. The molecule has 1 aromatic rings. The molecule has 2 nitrogen and oxygen atoms in total. The van der Waals surface area contributed by atoms with E-state index in [2.05, 4.69) is 23.5 Å². The maximum atomic E-state index is 5.89. The highest BCUT2D eigenvalue weighted by atomic mass is 32.2. The van der Waals surface area contributed by atoms with Crippen molar-refractivity contribution in [3.8, 4) is 5.75 Å². The molecule has 0 saturated carbocycles. The Morgan fingerprint density at radius 1 is 1.13 bits per heavy atom. The first-order valence-electron chi connectivity index (χ1n) is 5.46. The minimum absolute atomic E-state index is 0.993. The third-order valence-electron chi connectivity index (χ3n) is 2.61. The molecular weight excluding hydrogens is 206 g/mol. The van der Waals surface area contributed by atoms with Crippen LogP contribution in [0, 0.1) is 0 Å². The Balaban J connectivity index is 2.02. The van der Waals surface area contributed by atoms with E-state index >= 15 is 0 Å². The molecule has 1 heterocycles. The molecule has 3 heteroatoms. The van der Waals surface area contributed by atoms with Gasteiger partial charge in [-0.05, 0) is 31.2 Å². The first-order chi connectivity index (χ1) is 7.40. The van der Waals surface area contributed by atoms with Crippen molar-refractivity contribution in [3.05, 3.63) is 24.3 Å². The molecule has 0 aliphatic carbocycles. The fraction of sp³-hybridized carbons (Fsp3) is 0.500. The van der Waals surface area contributed by atoms with Gasteiger partial charge < -0.3 is 4.84 Å². The Labute approximate surface area is 95.6 Å².